The fraction of sp³-hybridized carbons (Fsp3) is 0.263. The summed E-state index contributed by atoms with van der Waals surface area (Å²) in [5.41, 5.74) is 1.76. The molecule has 26 heavy (non-hydrogen) atoms. The summed E-state index contributed by atoms with van der Waals surface area (Å²) in [7, 11) is 0. The lowest BCUT2D eigenvalue weighted by atomic mass is 10.0. The van der Waals surface area contributed by atoms with E-state index in [9.17, 15) is 14.7 Å². The molecule has 0 aliphatic carbocycles. The van der Waals surface area contributed by atoms with E-state index in [1.54, 1.807) is 36.4 Å². The Balaban J connectivity index is 1.57. The van der Waals surface area contributed by atoms with Gasteiger partial charge in [0.25, 0.3) is 5.91 Å². The molecule has 2 aliphatic heterocycles. The van der Waals surface area contributed by atoms with Crippen LogP contribution in [0.5, 0.6) is 17.2 Å². The molecule has 0 spiro atoms. The minimum absolute atomic E-state index is 0.310. The lowest BCUT2D eigenvalue weighted by Crippen LogP contribution is -2.33. The van der Waals surface area contributed by atoms with Crippen LogP contribution in [-0.4, -0.2) is 36.8 Å². The van der Waals surface area contributed by atoms with Crippen LogP contribution < -0.4 is 19.5 Å². The largest absolute Gasteiger partial charge is 0.493 e. The second-order valence-corrected chi connectivity index (χ2v) is 6.07. The van der Waals surface area contributed by atoms with Gasteiger partial charge in [0.15, 0.2) is 17.5 Å². The van der Waals surface area contributed by atoms with Gasteiger partial charge in [0.2, 0.25) is 0 Å². The lowest BCUT2D eigenvalue weighted by Gasteiger charge is -2.19. The van der Waals surface area contributed by atoms with Crippen molar-refractivity contribution in [1.29, 1.82) is 0 Å². The number of ether oxygens (including phenoxy) is 3. The number of rotatable bonds is 4. The molecule has 134 valence electrons. The number of carboxylic acids is 1. The highest BCUT2D eigenvalue weighted by Crippen LogP contribution is 2.31. The maximum atomic E-state index is 12.6. The maximum absolute atomic E-state index is 12.6. The molecule has 0 fully saturated rings. The van der Waals surface area contributed by atoms with Gasteiger partial charge in [0.05, 0.1) is 6.61 Å². The molecule has 0 bridgehead atoms. The summed E-state index contributed by atoms with van der Waals surface area (Å²) in [6.07, 6.45) is 0.728. The smallest absolute Gasteiger partial charge is 0.330 e. The van der Waals surface area contributed by atoms with Crippen molar-refractivity contribution in [3.05, 3.63) is 53.1 Å². The first-order valence-corrected chi connectivity index (χ1v) is 8.31. The third-order valence-corrected chi connectivity index (χ3v) is 4.37. The number of carbonyl (C=O) groups excluding carboxylic acids is 1. The summed E-state index contributed by atoms with van der Waals surface area (Å²) in [6, 6.07) is 8.80. The molecular weight excluding hydrogens is 338 g/mol. The van der Waals surface area contributed by atoms with Gasteiger partial charge in [0.1, 0.15) is 19.0 Å². The summed E-state index contributed by atoms with van der Waals surface area (Å²) in [5.74, 6) is 0.184. The van der Waals surface area contributed by atoms with Crippen LogP contribution in [0.3, 0.4) is 0 Å². The maximum Gasteiger partial charge on any atom is 0.330 e. The molecule has 2 heterocycles. The van der Waals surface area contributed by atoms with E-state index in [4.69, 9.17) is 14.2 Å². The summed E-state index contributed by atoms with van der Waals surface area (Å²) >= 11 is 0. The fourth-order valence-corrected chi connectivity index (χ4v) is 3.07. The Morgan fingerprint density at radius 1 is 0.923 bits per heavy atom. The number of hydrogen-bond acceptors (Lipinski definition) is 5. The number of amides is 1. The van der Waals surface area contributed by atoms with Crippen LogP contribution in [0.15, 0.2) is 36.4 Å². The Morgan fingerprint density at radius 3 is 2.46 bits per heavy atom. The van der Waals surface area contributed by atoms with Crippen molar-refractivity contribution in [3.8, 4) is 17.2 Å². The van der Waals surface area contributed by atoms with E-state index < -0.39 is 17.9 Å². The highest BCUT2D eigenvalue weighted by molar-refractivity contribution is 5.97. The number of hydrogen-bond donors (Lipinski definition) is 2. The SMILES string of the molecule is O=C(NC(C(=O)O)c1ccc2c(c1)CCO2)c1ccc2c(c1)OCCO2. The number of aliphatic carboxylic acids is 1. The lowest BCUT2D eigenvalue weighted by molar-refractivity contribution is -0.139. The van der Waals surface area contributed by atoms with Crippen molar-refractivity contribution in [3.63, 3.8) is 0 Å². The zero-order chi connectivity index (χ0) is 18.1. The highest BCUT2D eigenvalue weighted by atomic mass is 16.6. The first-order valence-electron chi connectivity index (χ1n) is 8.31. The van der Waals surface area contributed by atoms with Crippen molar-refractivity contribution in [2.45, 2.75) is 12.5 Å². The molecule has 0 saturated carbocycles. The molecule has 1 atom stereocenters. The second kappa shape index (κ2) is 6.59. The molecule has 2 N–H and O–H groups in total. The normalized spacial score (nSPS) is 15.5. The summed E-state index contributed by atoms with van der Waals surface area (Å²) in [4.78, 5) is 24.3. The van der Waals surface area contributed by atoms with Crippen LogP contribution in [0.25, 0.3) is 0 Å². The monoisotopic (exact) mass is 355 g/mol. The molecule has 0 saturated heterocycles. The molecule has 0 radical (unpaired) electrons. The zero-order valence-electron chi connectivity index (χ0n) is 13.9. The predicted molar refractivity (Wildman–Crippen MR) is 90.9 cm³/mol. The molecular formula is C19H17NO6. The average Bonchev–Trinajstić information content (AvgIpc) is 3.13. The molecule has 7 nitrogen and oxygen atoms in total. The molecule has 4 rings (SSSR count). The second-order valence-electron chi connectivity index (χ2n) is 6.07. The van der Waals surface area contributed by atoms with Crippen LogP contribution in [0, 0.1) is 0 Å². The van der Waals surface area contributed by atoms with Crippen molar-refractivity contribution >= 4 is 11.9 Å². The Labute approximate surface area is 149 Å². The minimum atomic E-state index is -1.15. The van der Waals surface area contributed by atoms with E-state index in [1.165, 1.54) is 0 Å². The third kappa shape index (κ3) is 3.03. The summed E-state index contributed by atoms with van der Waals surface area (Å²) < 4.78 is 16.3. The summed E-state index contributed by atoms with van der Waals surface area (Å²) in [6.45, 7) is 1.45. The highest BCUT2D eigenvalue weighted by Gasteiger charge is 2.25. The average molecular weight is 355 g/mol. The number of nitrogens with one attached hydrogen (secondary N) is 1. The van der Waals surface area contributed by atoms with E-state index in [-0.39, 0.29) is 0 Å². The van der Waals surface area contributed by atoms with E-state index in [0.717, 1.165) is 17.7 Å². The number of benzene rings is 2. The van der Waals surface area contributed by atoms with Gasteiger partial charge in [-0.15, -0.1) is 0 Å². The zero-order valence-corrected chi connectivity index (χ0v) is 13.9. The van der Waals surface area contributed by atoms with E-state index in [2.05, 4.69) is 5.32 Å². The molecule has 7 heteroatoms. The minimum Gasteiger partial charge on any atom is -0.493 e. The third-order valence-electron chi connectivity index (χ3n) is 4.37. The van der Waals surface area contributed by atoms with E-state index in [1.807, 2.05) is 0 Å². The Morgan fingerprint density at radius 2 is 1.65 bits per heavy atom. The standard InChI is InChI=1S/C19H17NO6/c21-18(13-2-4-15-16(10-13)26-8-7-25-15)20-17(19(22)23)12-1-3-14-11(9-12)5-6-24-14/h1-4,9-10,17H,5-8H2,(H,20,21)(H,22,23). The quantitative estimate of drug-likeness (QED) is 0.871. The van der Waals surface area contributed by atoms with Crippen LogP contribution in [0.4, 0.5) is 0 Å². The van der Waals surface area contributed by atoms with Gasteiger partial charge in [-0.3, -0.25) is 4.79 Å². The molecule has 2 aromatic carbocycles. The van der Waals surface area contributed by atoms with Gasteiger partial charge in [-0.2, -0.15) is 0 Å². The van der Waals surface area contributed by atoms with Gasteiger partial charge in [0, 0.05) is 12.0 Å². The van der Waals surface area contributed by atoms with Crippen molar-refractivity contribution in [2.75, 3.05) is 19.8 Å². The van der Waals surface area contributed by atoms with Crippen LogP contribution in [0.2, 0.25) is 0 Å². The van der Waals surface area contributed by atoms with Crippen LogP contribution >= 0.6 is 0 Å². The molecule has 0 aromatic heterocycles. The number of carbonyl (C=O) groups is 2. The Hall–Kier alpha value is -3.22. The van der Waals surface area contributed by atoms with Crippen molar-refractivity contribution in [2.24, 2.45) is 0 Å². The first-order chi connectivity index (χ1) is 12.6. The number of carboxylic acid groups (broad SMARTS) is 1. The van der Waals surface area contributed by atoms with Gasteiger partial charge in [-0.1, -0.05) is 6.07 Å². The van der Waals surface area contributed by atoms with Gasteiger partial charge < -0.3 is 24.6 Å². The van der Waals surface area contributed by atoms with Gasteiger partial charge in [-0.05, 0) is 41.5 Å². The van der Waals surface area contributed by atoms with E-state index >= 15 is 0 Å². The Kier molecular flexibility index (Phi) is 4.12. The molecule has 1 amide bonds. The van der Waals surface area contributed by atoms with Crippen molar-refractivity contribution < 1.29 is 28.9 Å². The van der Waals surface area contributed by atoms with Gasteiger partial charge >= 0.3 is 5.97 Å². The van der Waals surface area contributed by atoms with Crippen LogP contribution in [-0.2, 0) is 11.2 Å². The molecule has 1 unspecified atom stereocenters. The predicted octanol–water partition coefficient (Wildman–Crippen LogP) is 1.95. The fourth-order valence-electron chi connectivity index (χ4n) is 3.07. The Bertz CT molecular complexity index is 878. The summed E-state index contributed by atoms with van der Waals surface area (Å²) in [5, 5.41) is 12.1. The first kappa shape index (κ1) is 16.3. The topological polar surface area (TPSA) is 94.1 Å². The molecule has 2 aliphatic rings. The van der Waals surface area contributed by atoms with Crippen LogP contribution in [0.1, 0.15) is 27.5 Å². The number of fused-ring (bicyclic) bond motifs is 2. The molecule has 2 aromatic rings. The van der Waals surface area contributed by atoms with E-state index in [0.29, 0.717) is 42.4 Å². The van der Waals surface area contributed by atoms with Crippen molar-refractivity contribution in [1.82, 2.24) is 5.32 Å². The van der Waals surface area contributed by atoms with Gasteiger partial charge in [-0.25, -0.2) is 4.79 Å².